The average molecular weight is 543 g/mol. The molecule has 0 saturated heterocycles. The maximum Gasteiger partial charge on any atom is 0.197 e. The number of aromatic nitrogens is 1. The molecule has 3 aromatic carbocycles. The van der Waals surface area contributed by atoms with Gasteiger partial charge in [-0.15, -0.1) is 0 Å². The van der Waals surface area contributed by atoms with Crippen LogP contribution in [0.2, 0.25) is 0 Å². The molecule has 41 heavy (non-hydrogen) atoms. The normalized spacial score (nSPS) is 11.4. The third-order valence-electron chi connectivity index (χ3n) is 7.44. The smallest absolute Gasteiger partial charge is 0.197 e. The van der Waals surface area contributed by atoms with Gasteiger partial charge in [-0.2, -0.15) is 0 Å². The molecule has 0 radical (unpaired) electrons. The summed E-state index contributed by atoms with van der Waals surface area (Å²) in [6.07, 6.45) is 11.0. The van der Waals surface area contributed by atoms with Gasteiger partial charge in [0.15, 0.2) is 11.7 Å². The van der Waals surface area contributed by atoms with Gasteiger partial charge in [-0.25, -0.2) is 0 Å². The first-order valence-corrected chi connectivity index (χ1v) is 14.1. The van der Waals surface area contributed by atoms with Crippen molar-refractivity contribution in [3.63, 3.8) is 0 Å². The number of anilines is 2. The van der Waals surface area contributed by atoms with E-state index in [1.165, 1.54) is 0 Å². The molecule has 4 heteroatoms. The molecule has 0 unspecified atom stereocenters. The molecule has 0 aliphatic heterocycles. The van der Waals surface area contributed by atoms with Gasteiger partial charge in [-0.3, -0.25) is 9.59 Å². The number of benzene rings is 3. The Morgan fingerprint density at radius 1 is 1.02 bits per heavy atom. The predicted molar refractivity (Wildman–Crippen MR) is 176 cm³/mol. The van der Waals surface area contributed by atoms with Crippen LogP contribution in [-0.4, -0.2) is 17.4 Å². The fraction of sp³-hybridized carbons (Fsp3) is 0.189. The van der Waals surface area contributed by atoms with Crippen molar-refractivity contribution in [1.29, 1.82) is 0 Å². The lowest BCUT2D eigenvalue weighted by atomic mass is 9.96. The molecule has 0 aliphatic rings. The molecular weight excluding hydrogens is 504 g/mol. The van der Waals surface area contributed by atoms with E-state index in [2.05, 4.69) is 66.8 Å². The summed E-state index contributed by atoms with van der Waals surface area (Å²) in [5.41, 5.74) is 8.19. The summed E-state index contributed by atoms with van der Waals surface area (Å²) in [6.45, 7) is 17.7. The number of aldehydes is 1. The Hall–Kier alpha value is -4.70. The SMILES string of the molecule is C=Cc1c(C(=C)C/C=C\C=C/C)n(CC)c2cc(C=O)c(N(CC)c3c(C)cccc3-c3ccccc3)cc2c1=O. The molecule has 0 amide bonds. The Bertz CT molecular complexity index is 1720. The first-order chi connectivity index (χ1) is 19.9. The number of hydrogen-bond acceptors (Lipinski definition) is 3. The van der Waals surface area contributed by atoms with Crippen LogP contribution in [-0.2, 0) is 6.54 Å². The van der Waals surface area contributed by atoms with E-state index in [4.69, 9.17) is 0 Å². The maximum atomic E-state index is 14.0. The molecule has 0 fully saturated rings. The molecule has 4 rings (SSSR count). The summed E-state index contributed by atoms with van der Waals surface area (Å²) in [6, 6.07) is 20.2. The second kappa shape index (κ2) is 13.1. The molecule has 1 aromatic heterocycles. The van der Waals surface area contributed by atoms with E-state index in [-0.39, 0.29) is 5.43 Å². The van der Waals surface area contributed by atoms with Crippen molar-refractivity contribution in [2.75, 3.05) is 11.4 Å². The van der Waals surface area contributed by atoms with Crippen molar-refractivity contribution in [3.05, 3.63) is 131 Å². The Morgan fingerprint density at radius 2 is 1.78 bits per heavy atom. The Morgan fingerprint density at radius 3 is 2.41 bits per heavy atom. The van der Waals surface area contributed by atoms with Crippen molar-refractivity contribution in [2.45, 2.75) is 40.7 Å². The zero-order valence-corrected chi connectivity index (χ0v) is 24.5. The van der Waals surface area contributed by atoms with Gasteiger partial charge in [0.2, 0.25) is 0 Å². The van der Waals surface area contributed by atoms with Crippen molar-refractivity contribution in [1.82, 2.24) is 4.57 Å². The van der Waals surface area contributed by atoms with Crippen LogP contribution in [0, 0.1) is 6.92 Å². The van der Waals surface area contributed by atoms with Gasteiger partial charge in [0.05, 0.1) is 22.6 Å². The first-order valence-electron chi connectivity index (χ1n) is 14.1. The monoisotopic (exact) mass is 542 g/mol. The number of hydrogen-bond donors (Lipinski definition) is 0. The Balaban J connectivity index is 2.00. The summed E-state index contributed by atoms with van der Waals surface area (Å²) >= 11 is 0. The van der Waals surface area contributed by atoms with Crippen LogP contribution >= 0.6 is 0 Å². The van der Waals surface area contributed by atoms with Gasteiger partial charge in [0, 0.05) is 35.2 Å². The lowest BCUT2D eigenvalue weighted by molar-refractivity contribution is 0.112. The van der Waals surface area contributed by atoms with E-state index in [1.807, 2.05) is 68.5 Å². The fourth-order valence-corrected chi connectivity index (χ4v) is 5.56. The van der Waals surface area contributed by atoms with Gasteiger partial charge < -0.3 is 9.47 Å². The van der Waals surface area contributed by atoms with E-state index < -0.39 is 0 Å². The number of nitrogens with zero attached hydrogens (tertiary/aromatic N) is 2. The van der Waals surface area contributed by atoms with E-state index in [9.17, 15) is 9.59 Å². The Kier molecular flexibility index (Phi) is 9.36. The van der Waals surface area contributed by atoms with Crippen molar-refractivity contribution in [2.24, 2.45) is 0 Å². The van der Waals surface area contributed by atoms with Crippen LogP contribution in [0.1, 0.15) is 54.4 Å². The quantitative estimate of drug-likeness (QED) is 0.140. The van der Waals surface area contributed by atoms with Crippen LogP contribution in [0.4, 0.5) is 11.4 Å². The van der Waals surface area contributed by atoms with Crippen molar-refractivity contribution < 1.29 is 4.79 Å². The molecule has 4 aromatic rings. The van der Waals surface area contributed by atoms with E-state index >= 15 is 0 Å². The van der Waals surface area contributed by atoms with Gasteiger partial charge in [0.1, 0.15) is 0 Å². The number of carbonyl (C=O) groups excluding carboxylic acids is 1. The first kappa shape index (κ1) is 29.3. The summed E-state index contributed by atoms with van der Waals surface area (Å²) in [5.74, 6) is 0. The maximum absolute atomic E-state index is 14.0. The summed E-state index contributed by atoms with van der Waals surface area (Å²) in [5, 5.41) is 0.552. The minimum absolute atomic E-state index is 0.115. The third-order valence-corrected chi connectivity index (χ3v) is 7.44. The van der Waals surface area contributed by atoms with E-state index in [0.29, 0.717) is 47.2 Å². The number of para-hydroxylation sites is 1. The zero-order valence-electron chi connectivity index (χ0n) is 24.5. The Labute approximate surface area is 243 Å². The number of aryl methyl sites for hydroxylation is 2. The summed E-state index contributed by atoms with van der Waals surface area (Å²) in [4.78, 5) is 28.8. The summed E-state index contributed by atoms with van der Waals surface area (Å²) < 4.78 is 2.08. The number of carbonyl (C=O) groups is 1. The molecule has 0 saturated carbocycles. The van der Waals surface area contributed by atoms with Gasteiger partial charge in [-0.1, -0.05) is 92.1 Å². The molecule has 208 valence electrons. The molecular formula is C37H38N2O2. The minimum atomic E-state index is -0.115. The number of fused-ring (bicyclic) bond motifs is 1. The predicted octanol–water partition coefficient (Wildman–Crippen LogP) is 9.15. The lowest BCUT2D eigenvalue weighted by Crippen LogP contribution is -2.22. The molecule has 1 heterocycles. The molecule has 0 spiro atoms. The topological polar surface area (TPSA) is 42.3 Å². The van der Waals surface area contributed by atoms with Crippen LogP contribution in [0.15, 0.2) is 103 Å². The van der Waals surface area contributed by atoms with Gasteiger partial charge in [-0.05, 0) is 62.9 Å². The van der Waals surface area contributed by atoms with Crippen LogP contribution in [0.5, 0.6) is 0 Å². The zero-order chi connectivity index (χ0) is 29.5. The molecule has 0 N–H and O–H groups in total. The number of rotatable bonds is 11. The van der Waals surface area contributed by atoms with Crippen molar-refractivity contribution >= 4 is 40.2 Å². The molecule has 0 aliphatic carbocycles. The molecule has 0 bridgehead atoms. The number of allylic oxidation sites excluding steroid dienone is 5. The molecule has 0 atom stereocenters. The highest BCUT2D eigenvalue weighted by molar-refractivity contribution is 5.99. The third kappa shape index (κ3) is 5.64. The van der Waals surface area contributed by atoms with Crippen molar-refractivity contribution in [3.8, 4) is 11.1 Å². The second-order valence-electron chi connectivity index (χ2n) is 9.93. The lowest BCUT2D eigenvalue weighted by Gasteiger charge is -2.30. The highest BCUT2D eigenvalue weighted by Crippen LogP contribution is 2.40. The summed E-state index contributed by atoms with van der Waals surface area (Å²) in [7, 11) is 0. The standard InChI is InChI=1S/C37H38N2O2/c1-7-11-12-14-18-26(5)35-30(8-2)37(41)32-24-33(29(25-40)23-34(32)39(35)10-4)38(9-3)36-27(6)19-17-22-31(36)28-20-15-13-16-21-28/h7-8,11-17,19-25H,2,5,9-10,18H2,1,3-4,6H3/b11-7-,14-12-. The minimum Gasteiger partial charge on any atom is -0.340 e. The highest BCUT2D eigenvalue weighted by Gasteiger charge is 2.22. The average Bonchev–Trinajstić information content (AvgIpc) is 3.00. The molecule has 4 nitrogen and oxygen atoms in total. The van der Waals surface area contributed by atoms with Gasteiger partial charge >= 0.3 is 0 Å². The second-order valence-corrected chi connectivity index (χ2v) is 9.93. The van der Waals surface area contributed by atoms with E-state index in [0.717, 1.165) is 39.9 Å². The van der Waals surface area contributed by atoms with E-state index in [1.54, 1.807) is 6.08 Å². The number of pyridine rings is 1. The van der Waals surface area contributed by atoms with Gasteiger partial charge in [0.25, 0.3) is 0 Å². The van der Waals surface area contributed by atoms with Crippen LogP contribution in [0.3, 0.4) is 0 Å². The largest absolute Gasteiger partial charge is 0.340 e. The highest BCUT2D eigenvalue weighted by atomic mass is 16.1. The van der Waals surface area contributed by atoms with Crippen LogP contribution < -0.4 is 10.3 Å². The van der Waals surface area contributed by atoms with Crippen LogP contribution in [0.25, 0.3) is 33.7 Å². The fourth-order valence-electron chi connectivity index (χ4n) is 5.56.